The van der Waals surface area contributed by atoms with Gasteiger partial charge in [0.15, 0.2) is 17.5 Å². The molecular formula is C20H19N7O2. The molecule has 2 aromatic heterocycles. The van der Waals surface area contributed by atoms with Crippen molar-refractivity contribution < 1.29 is 9.90 Å². The van der Waals surface area contributed by atoms with E-state index in [1.54, 1.807) is 17.3 Å². The Morgan fingerprint density at radius 1 is 1.03 bits per heavy atom. The summed E-state index contributed by atoms with van der Waals surface area (Å²) >= 11 is 0. The lowest BCUT2D eigenvalue weighted by Crippen LogP contribution is -2.33. The predicted molar refractivity (Wildman–Crippen MR) is 108 cm³/mol. The number of aromatic nitrogens is 4. The highest BCUT2D eigenvalue weighted by molar-refractivity contribution is 6.12. The summed E-state index contributed by atoms with van der Waals surface area (Å²) in [7, 11) is 0. The molecule has 0 saturated carbocycles. The number of aliphatic hydroxyl groups excluding tert-OH is 1. The van der Waals surface area contributed by atoms with E-state index in [4.69, 9.17) is 0 Å². The van der Waals surface area contributed by atoms with E-state index in [0.29, 0.717) is 23.3 Å². The number of nitrogens with zero attached hydrogens (tertiary/aromatic N) is 5. The SMILES string of the molecule is Cc1ncc(-c2ccc3c(c2)N(c2cnc4c(n2)NC(O)N4)C(=O)C3(C)C)cn1. The average Bonchev–Trinajstić information content (AvgIpc) is 3.16. The van der Waals surface area contributed by atoms with Crippen molar-refractivity contribution in [3.63, 3.8) is 0 Å². The molecule has 1 aromatic carbocycles. The van der Waals surface area contributed by atoms with Gasteiger partial charge in [-0.3, -0.25) is 9.69 Å². The van der Waals surface area contributed by atoms with E-state index in [1.165, 1.54) is 6.20 Å². The van der Waals surface area contributed by atoms with E-state index < -0.39 is 11.8 Å². The van der Waals surface area contributed by atoms with Crippen LogP contribution in [0.3, 0.4) is 0 Å². The van der Waals surface area contributed by atoms with Gasteiger partial charge in [-0.1, -0.05) is 12.1 Å². The number of rotatable bonds is 2. The minimum absolute atomic E-state index is 0.0921. The zero-order valence-electron chi connectivity index (χ0n) is 16.1. The second-order valence-corrected chi connectivity index (χ2v) is 7.63. The Bertz CT molecular complexity index is 1140. The van der Waals surface area contributed by atoms with Gasteiger partial charge in [-0.05, 0) is 38.0 Å². The second kappa shape index (κ2) is 5.95. The summed E-state index contributed by atoms with van der Waals surface area (Å²) in [6.07, 6.45) is 4.10. The quantitative estimate of drug-likeness (QED) is 0.611. The molecule has 1 unspecified atom stereocenters. The van der Waals surface area contributed by atoms with Crippen LogP contribution in [0.25, 0.3) is 11.1 Å². The standard InChI is InChI=1S/C20H19N7O2/c1-10-21-7-12(8-22-10)11-4-5-13-14(6-11)27(18(28)20(13,2)3)15-9-23-16-17(24-15)26-19(29)25-16/h4-9,19,29H,1-3H3,(H,23,25)(H,24,26). The number of aliphatic hydroxyl groups is 1. The van der Waals surface area contributed by atoms with Gasteiger partial charge in [0, 0.05) is 18.0 Å². The number of amides is 1. The number of carbonyl (C=O) groups is 1. The Morgan fingerprint density at radius 3 is 2.52 bits per heavy atom. The number of aryl methyl sites for hydroxylation is 1. The van der Waals surface area contributed by atoms with Gasteiger partial charge >= 0.3 is 0 Å². The molecular weight excluding hydrogens is 370 g/mol. The first kappa shape index (κ1) is 17.5. The highest BCUT2D eigenvalue weighted by atomic mass is 16.3. The third kappa shape index (κ3) is 2.62. The van der Waals surface area contributed by atoms with E-state index in [0.717, 1.165) is 22.4 Å². The number of nitrogens with one attached hydrogen (secondary N) is 2. The van der Waals surface area contributed by atoms with Gasteiger partial charge in [0.05, 0.1) is 17.3 Å². The van der Waals surface area contributed by atoms with E-state index >= 15 is 0 Å². The third-order valence-corrected chi connectivity index (χ3v) is 5.30. The van der Waals surface area contributed by atoms with E-state index in [9.17, 15) is 9.90 Å². The molecule has 146 valence electrons. The van der Waals surface area contributed by atoms with Crippen molar-refractivity contribution >= 4 is 29.0 Å². The summed E-state index contributed by atoms with van der Waals surface area (Å²) in [5.74, 6) is 1.84. The Kier molecular flexibility index (Phi) is 3.59. The van der Waals surface area contributed by atoms with Crippen LogP contribution in [0.15, 0.2) is 36.8 Å². The van der Waals surface area contributed by atoms with Crippen LogP contribution < -0.4 is 15.5 Å². The lowest BCUT2D eigenvalue weighted by atomic mass is 9.85. The normalized spacial score (nSPS) is 18.8. The highest BCUT2D eigenvalue weighted by Gasteiger charge is 2.45. The molecule has 2 aliphatic rings. The van der Waals surface area contributed by atoms with E-state index in [1.807, 2.05) is 39.0 Å². The van der Waals surface area contributed by atoms with Gasteiger partial charge in [-0.25, -0.2) is 19.9 Å². The Labute approximate surface area is 166 Å². The van der Waals surface area contributed by atoms with Crippen LogP contribution in [0.1, 0.15) is 25.2 Å². The Hall–Kier alpha value is -3.59. The van der Waals surface area contributed by atoms with Crippen molar-refractivity contribution in [1.29, 1.82) is 0 Å². The first-order valence-electron chi connectivity index (χ1n) is 9.21. The number of benzene rings is 1. The fourth-order valence-corrected chi connectivity index (χ4v) is 3.69. The second-order valence-electron chi connectivity index (χ2n) is 7.63. The number of anilines is 4. The lowest BCUT2D eigenvalue weighted by molar-refractivity contribution is -0.121. The van der Waals surface area contributed by atoms with Crippen molar-refractivity contribution in [3.05, 3.63) is 48.2 Å². The maximum absolute atomic E-state index is 13.3. The van der Waals surface area contributed by atoms with Gasteiger partial charge in [0.1, 0.15) is 5.82 Å². The van der Waals surface area contributed by atoms with Crippen LogP contribution in [0.2, 0.25) is 0 Å². The molecule has 29 heavy (non-hydrogen) atoms. The summed E-state index contributed by atoms with van der Waals surface area (Å²) < 4.78 is 0. The molecule has 3 aromatic rings. The molecule has 1 amide bonds. The summed E-state index contributed by atoms with van der Waals surface area (Å²) in [5, 5.41) is 15.2. The van der Waals surface area contributed by atoms with Crippen LogP contribution in [-0.2, 0) is 10.2 Å². The monoisotopic (exact) mass is 389 g/mol. The third-order valence-electron chi connectivity index (χ3n) is 5.30. The average molecular weight is 389 g/mol. The maximum atomic E-state index is 13.3. The molecule has 3 N–H and O–H groups in total. The fourth-order valence-electron chi connectivity index (χ4n) is 3.69. The largest absolute Gasteiger partial charge is 0.356 e. The minimum Gasteiger partial charge on any atom is -0.356 e. The van der Waals surface area contributed by atoms with Gasteiger partial charge in [-0.2, -0.15) is 0 Å². The fraction of sp³-hybridized carbons (Fsp3) is 0.250. The van der Waals surface area contributed by atoms with E-state index in [2.05, 4.69) is 30.6 Å². The van der Waals surface area contributed by atoms with Crippen molar-refractivity contribution in [2.24, 2.45) is 0 Å². The molecule has 0 bridgehead atoms. The van der Waals surface area contributed by atoms with Gasteiger partial charge in [0.2, 0.25) is 12.3 Å². The Balaban J connectivity index is 1.63. The molecule has 0 fully saturated rings. The van der Waals surface area contributed by atoms with Crippen molar-refractivity contribution in [3.8, 4) is 11.1 Å². The topological polar surface area (TPSA) is 116 Å². The zero-order valence-corrected chi connectivity index (χ0v) is 16.1. The molecule has 9 heteroatoms. The van der Waals surface area contributed by atoms with Crippen molar-refractivity contribution in [2.75, 3.05) is 15.5 Å². The van der Waals surface area contributed by atoms with E-state index in [-0.39, 0.29) is 5.91 Å². The Morgan fingerprint density at radius 2 is 1.76 bits per heavy atom. The van der Waals surface area contributed by atoms with Crippen LogP contribution in [0.4, 0.5) is 23.1 Å². The van der Waals surface area contributed by atoms with Gasteiger partial charge < -0.3 is 15.7 Å². The van der Waals surface area contributed by atoms with Crippen molar-refractivity contribution in [1.82, 2.24) is 19.9 Å². The molecule has 1 atom stereocenters. The first-order valence-corrected chi connectivity index (χ1v) is 9.21. The van der Waals surface area contributed by atoms with Crippen molar-refractivity contribution in [2.45, 2.75) is 32.5 Å². The van der Waals surface area contributed by atoms with Crippen LogP contribution >= 0.6 is 0 Å². The number of hydrogen-bond donors (Lipinski definition) is 3. The predicted octanol–water partition coefficient (Wildman–Crippen LogP) is 2.31. The summed E-state index contributed by atoms with van der Waals surface area (Å²) in [4.78, 5) is 32.2. The highest BCUT2D eigenvalue weighted by Crippen LogP contribution is 2.46. The van der Waals surface area contributed by atoms with Crippen LogP contribution in [-0.4, -0.2) is 37.3 Å². The molecule has 0 aliphatic carbocycles. The van der Waals surface area contributed by atoms with Crippen LogP contribution in [0.5, 0.6) is 0 Å². The zero-order chi connectivity index (χ0) is 20.3. The molecule has 9 nitrogen and oxygen atoms in total. The smallest absolute Gasteiger partial charge is 0.242 e. The molecule has 0 spiro atoms. The van der Waals surface area contributed by atoms with Gasteiger partial charge in [0.25, 0.3) is 0 Å². The minimum atomic E-state index is -0.952. The van der Waals surface area contributed by atoms with Gasteiger partial charge in [-0.15, -0.1) is 0 Å². The maximum Gasteiger partial charge on any atom is 0.242 e. The number of fused-ring (bicyclic) bond motifs is 2. The van der Waals surface area contributed by atoms with Crippen LogP contribution in [0, 0.1) is 6.92 Å². The summed E-state index contributed by atoms with van der Waals surface area (Å²) in [5.41, 5.74) is 2.73. The summed E-state index contributed by atoms with van der Waals surface area (Å²) in [6.45, 7) is 5.63. The molecule has 4 heterocycles. The lowest BCUT2D eigenvalue weighted by Gasteiger charge is -2.19. The molecule has 0 radical (unpaired) electrons. The summed E-state index contributed by atoms with van der Waals surface area (Å²) in [6, 6.07) is 5.89. The number of hydrogen-bond acceptors (Lipinski definition) is 8. The first-order chi connectivity index (χ1) is 13.8. The molecule has 2 aliphatic heterocycles. The molecule has 5 rings (SSSR count). The molecule has 0 saturated heterocycles. The number of carbonyl (C=O) groups excluding carboxylic acids is 1.